The van der Waals surface area contributed by atoms with Gasteiger partial charge >= 0.3 is 5.97 Å². The maximum absolute atomic E-state index is 13.3. The fourth-order valence-corrected chi connectivity index (χ4v) is 2.60. The number of halogens is 1. The Morgan fingerprint density at radius 2 is 2.33 bits per heavy atom. The molecule has 0 saturated heterocycles. The third kappa shape index (κ3) is 2.22. The van der Waals surface area contributed by atoms with Crippen LogP contribution in [0.15, 0.2) is 30.6 Å². The second kappa shape index (κ2) is 5.12. The van der Waals surface area contributed by atoms with Gasteiger partial charge in [-0.1, -0.05) is 0 Å². The molecule has 0 N–H and O–H groups in total. The zero-order valence-electron chi connectivity index (χ0n) is 11.4. The average molecular weight is 288 g/mol. The van der Waals surface area contributed by atoms with Gasteiger partial charge in [-0.05, 0) is 30.7 Å². The first kappa shape index (κ1) is 13.5. The molecule has 21 heavy (non-hydrogen) atoms. The van der Waals surface area contributed by atoms with Crippen molar-refractivity contribution in [3.63, 3.8) is 0 Å². The van der Waals surface area contributed by atoms with E-state index in [4.69, 9.17) is 4.74 Å². The Labute approximate surface area is 120 Å². The Bertz CT molecular complexity index is 723. The molecule has 108 valence electrons. The molecule has 6 heteroatoms. The van der Waals surface area contributed by atoms with Crippen LogP contribution in [0, 0.1) is 5.82 Å². The summed E-state index contributed by atoms with van der Waals surface area (Å²) < 4.78 is 19.7. The zero-order valence-corrected chi connectivity index (χ0v) is 11.4. The fraction of sp³-hybridized carbons (Fsp3) is 0.267. The number of ketones is 1. The normalized spacial score (nSPS) is 16.9. The van der Waals surface area contributed by atoms with Crippen molar-refractivity contribution in [2.75, 3.05) is 6.61 Å². The molecule has 0 radical (unpaired) electrons. The third-order valence-corrected chi connectivity index (χ3v) is 3.51. The van der Waals surface area contributed by atoms with E-state index in [2.05, 4.69) is 4.98 Å². The summed E-state index contributed by atoms with van der Waals surface area (Å²) in [6, 6.07) is 3.52. The van der Waals surface area contributed by atoms with Crippen molar-refractivity contribution >= 4 is 11.8 Å². The predicted octanol–water partition coefficient (Wildman–Crippen LogP) is 2.18. The number of ether oxygens (including phenoxy) is 1. The summed E-state index contributed by atoms with van der Waals surface area (Å²) in [7, 11) is 0. The Balaban J connectivity index is 1.96. The number of esters is 1. The van der Waals surface area contributed by atoms with Crippen LogP contribution in [-0.4, -0.2) is 27.9 Å². The van der Waals surface area contributed by atoms with Crippen LogP contribution in [0.3, 0.4) is 0 Å². The molecule has 0 aliphatic heterocycles. The average Bonchev–Trinajstić information content (AvgIpc) is 3.04. The van der Waals surface area contributed by atoms with Gasteiger partial charge in [0.25, 0.3) is 0 Å². The van der Waals surface area contributed by atoms with Crippen molar-refractivity contribution in [3.8, 4) is 0 Å². The van der Waals surface area contributed by atoms with Crippen molar-refractivity contribution < 1.29 is 18.7 Å². The molecule has 0 saturated carbocycles. The third-order valence-electron chi connectivity index (χ3n) is 3.51. The number of aromatic nitrogens is 2. The fourth-order valence-electron chi connectivity index (χ4n) is 2.60. The summed E-state index contributed by atoms with van der Waals surface area (Å²) >= 11 is 0. The van der Waals surface area contributed by atoms with Gasteiger partial charge in [-0.15, -0.1) is 0 Å². The number of rotatable bonds is 3. The molecule has 3 rings (SSSR count). The van der Waals surface area contributed by atoms with E-state index in [0.29, 0.717) is 17.5 Å². The van der Waals surface area contributed by atoms with E-state index in [1.54, 1.807) is 13.1 Å². The Morgan fingerprint density at radius 3 is 3.10 bits per heavy atom. The minimum atomic E-state index is -0.580. The minimum Gasteiger partial charge on any atom is -0.460 e. The van der Waals surface area contributed by atoms with Gasteiger partial charge in [0.15, 0.2) is 5.78 Å². The van der Waals surface area contributed by atoms with Gasteiger partial charge in [0.1, 0.15) is 11.9 Å². The molecule has 0 amide bonds. The number of fused-ring (bicyclic) bond motifs is 1. The molecule has 1 atom stereocenters. The van der Waals surface area contributed by atoms with Gasteiger partial charge in [-0.25, -0.2) is 14.2 Å². The predicted molar refractivity (Wildman–Crippen MR) is 71.7 cm³/mol. The molecule has 1 aliphatic carbocycles. The van der Waals surface area contributed by atoms with E-state index in [9.17, 15) is 14.0 Å². The molecule has 1 aliphatic rings. The molecule has 5 nitrogen and oxygen atoms in total. The van der Waals surface area contributed by atoms with Crippen LogP contribution in [0.2, 0.25) is 0 Å². The largest absolute Gasteiger partial charge is 0.460 e. The van der Waals surface area contributed by atoms with Crippen molar-refractivity contribution in [1.82, 2.24) is 9.55 Å². The van der Waals surface area contributed by atoms with Crippen LogP contribution < -0.4 is 0 Å². The van der Waals surface area contributed by atoms with E-state index in [-0.39, 0.29) is 24.0 Å². The van der Waals surface area contributed by atoms with E-state index in [1.807, 2.05) is 0 Å². The van der Waals surface area contributed by atoms with Gasteiger partial charge in [0, 0.05) is 24.4 Å². The number of nitrogens with zero attached hydrogens (tertiary/aromatic N) is 2. The topological polar surface area (TPSA) is 61.2 Å². The highest BCUT2D eigenvalue weighted by Gasteiger charge is 2.34. The van der Waals surface area contributed by atoms with Crippen LogP contribution >= 0.6 is 0 Å². The van der Waals surface area contributed by atoms with E-state index in [1.165, 1.54) is 29.0 Å². The summed E-state index contributed by atoms with van der Waals surface area (Å²) in [5.74, 6) is -1.01. The van der Waals surface area contributed by atoms with Crippen molar-refractivity contribution in [2.24, 2.45) is 0 Å². The van der Waals surface area contributed by atoms with Gasteiger partial charge in [-0.2, -0.15) is 0 Å². The van der Waals surface area contributed by atoms with Crippen LogP contribution in [0.4, 0.5) is 4.39 Å². The maximum atomic E-state index is 13.3. The molecular formula is C15H13FN2O3. The lowest BCUT2D eigenvalue weighted by Crippen LogP contribution is -2.21. The highest BCUT2D eigenvalue weighted by atomic mass is 19.1. The number of benzene rings is 1. The van der Waals surface area contributed by atoms with Crippen molar-refractivity contribution in [3.05, 3.63) is 53.4 Å². The first-order valence-electron chi connectivity index (χ1n) is 6.64. The molecule has 0 fully saturated rings. The zero-order chi connectivity index (χ0) is 15.0. The lowest BCUT2D eigenvalue weighted by Gasteiger charge is -2.12. The van der Waals surface area contributed by atoms with E-state index in [0.717, 1.165) is 0 Å². The highest BCUT2D eigenvalue weighted by molar-refractivity contribution is 6.03. The molecule has 1 unspecified atom stereocenters. The van der Waals surface area contributed by atoms with Crippen molar-refractivity contribution in [2.45, 2.75) is 19.4 Å². The van der Waals surface area contributed by atoms with Crippen LogP contribution in [-0.2, 0) is 11.2 Å². The van der Waals surface area contributed by atoms with Crippen LogP contribution in [0.1, 0.15) is 39.5 Å². The van der Waals surface area contributed by atoms with Crippen LogP contribution in [0.5, 0.6) is 0 Å². The SMILES string of the molecule is CCOC(=O)c1nccn1C1Cc2cc(F)ccc2C1=O. The first-order chi connectivity index (χ1) is 10.1. The lowest BCUT2D eigenvalue weighted by atomic mass is 10.1. The van der Waals surface area contributed by atoms with Gasteiger partial charge in [0.2, 0.25) is 5.82 Å². The number of imidazole rings is 1. The Morgan fingerprint density at radius 1 is 1.52 bits per heavy atom. The minimum absolute atomic E-state index is 0.0866. The standard InChI is InChI=1S/C15H13FN2O3/c1-2-21-15(20)14-17-5-6-18(14)12-8-9-7-10(16)3-4-11(9)13(12)19/h3-7,12H,2,8H2,1H3. The smallest absolute Gasteiger partial charge is 0.374 e. The molecular weight excluding hydrogens is 275 g/mol. The summed E-state index contributed by atoms with van der Waals surface area (Å²) in [6.45, 7) is 1.93. The second-order valence-corrected chi connectivity index (χ2v) is 4.76. The Hall–Kier alpha value is -2.50. The number of hydrogen-bond donors (Lipinski definition) is 0. The number of carbonyl (C=O) groups is 2. The van der Waals surface area contributed by atoms with E-state index >= 15 is 0 Å². The number of Topliss-reactive ketones (excluding diaryl/α,β-unsaturated/α-hetero) is 1. The number of hydrogen-bond acceptors (Lipinski definition) is 4. The van der Waals surface area contributed by atoms with Crippen molar-refractivity contribution in [1.29, 1.82) is 0 Å². The van der Waals surface area contributed by atoms with Gasteiger partial charge < -0.3 is 9.30 Å². The summed E-state index contributed by atoms with van der Waals surface area (Å²) in [4.78, 5) is 28.2. The highest BCUT2D eigenvalue weighted by Crippen LogP contribution is 2.31. The molecule has 1 aromatic heterocycles. The molecule has 1 heterocycles. The summed E-state index contributed by atoms with van der Waals surface area (Å²) in [5, 5.41) is 0. The van der Waals surface area contributed by atoms with Gasteiger partial charge in [0.05, 0.1) is 6.61 Å². The molecule has 2 aromatic rings. The monoisotopic (exact) mass is 288 g/mol. The Kier molecular flexibility index (Phi) is 3.29. The van der Waals surface area contributed by atoms with E-state index < -0.39 is 12.0 Å². The summed E-state index contributed by atoms with van der Waals surface area (Å²) in [5.41, 5.74) is 1.14. The summed E-state index contributed by atoms with van der Waals surface area (Å²) in [6.07, 6.45) is 3.36. The molecule has 0 bridgehead atoms. The first-order valence-corrected chi connectivity index (χ1v) is 6.64. The second-order valence-electron chi connectivity index (χ2n) is 4.76. The maximum Gasteiger partial charge on any atom is 0.374 e. The lowest BCUT2D eigenvalue weighted by molar-refractivity contribution is 0.0504. The number of carbonyl (C=O) groups excluding carboxylic acids is 2. The van der Waals surface area contributed by atoms with Gasteiger partial charge in [-0.3, -0.25) is 4.79 Å². The molecule has 1 aromatic carbocycles. The quantitative estimate of drug-likeness (QED) is 0.812. The molecule has 0 spiro atoms. The van der Waals surface area contributed by atoms with Crippen LogP contribution in [0.25, 0.3) is 0 Å².